The van der Waals surface area contributed by atoms with Crippen molar-refractivity contribution in [2.45, 2.75) is 39.7 Å². The molecule has 3 heterocycles. The van der Waals surface area contributed by atoms with Crippen molar-refractivity contribution < 1.29 is 18.4 Å². The van der Waals surface area contributed by atoms with E-state index in [2.05, 4.69) is 25.4 Å². The number of carbonyl (C=O) groups is 1. The first kappa shape index (κ1) is 22.3. The molecule has 170 valence electrons. The van der Waals surface area contributed by atoms with Gasteiger partial charge in [-0.05, 0) is 39.8 Å². The molecule has 33 heavy (non-hydrogen) atoms. The molecule has 0 fully saturated rings. The molecule has 9 nitrogen and oxygen atoms in total. The highest BCUT2D eigenvalue weighted by Crippen LogP contribution is 2.28. The maximum atomic E-state index is 14.3. The average Bonchev–Trinajstić information content (AvgIpc) is 3.45. The van der Waals surface area contributed by atoms with Crippen LogP contribution in [0.15, 0.2) is 47.2 Å². The van der Waals surface area contributed by atoms with E-state index in [-0.39, 0.29) is 24.8 Å². The Labute approximate surface area is 189 Å². The molecule has 0 aliphatic carbocycles. The number of halogens is 1. The quantitative estimate of drug-likeness (QED) is 0.392. The minimum absolute atomic E-state index is 0.176. The number of hydrogen-bond acceptors (Lipinski definition) is 8. The van der Waals surface area contributed by atoms with Crippen molar-refractivity contribution in [3.63, 3.8) is 0 Å². The molecule has 1 aromatic carbocycles. The van der Waals surface area contributed by atoms with Crippen LogP contribution in [-0.2, 0) is 21.5 Å². The van der Waals surface area contributed by atoms with Gasteiger partial charge in [0.1, 0.15) is 34.6 Å². The zero-order chi connectivity index (χ0) is 23.6. The van der Waals surface area contributed by atoms with E-state index in [1.807, 2.05) is 0 Å². The molecule has 0 bridgehead atoms. The van der Waals surface area contributed by atoms with Crippen LogP contribution in [-0.4, -0.2) is 42.7 Å². The molecule has 0 spiro atoms. The van der Waals surface area contributed by atoms with Gasteiger partial charge in [-0.15, -0.1) is 5.10 Å². The number of benzene rings is 1. The fourth-order valence-electron chi connectivity index (χ4n) is 3.48. The highest BCUT2D eigenvalue weighted by Gasteiger charge is 2.35. The number of carbonyl (C=O) groups excluding carboxylic acids is 1. The van der Waals surface area contributed by atoms with Crippen LogP contribution in [0.3, 0.4) is 0 Å². The molecule has 10 heteroatoms. The summed E-state index contributed by atoms with van der Waals surface area (Å²) >= 11 is 0. The molecule has 0 amide bonds. The zero-order valence-corrected chi connectivity index (χ0v) is 18.7. The van der Waals surface area contributed by atoms with Gasteiger partial charge in [-0.1, -0.05) is 23.4 Å². The number of rotatable bonds is 7. The van der Waals surface area contributed by atoms with Gasteiger partial charge in [0.2, 0.25) is 5.82 Å². The predicted molar refractivity (Wildman–Crippen MR) is 116 cm³/mol. The third kappa shape index (κ3) is 4.36. The van der Waals surface area contributed by atoms with Crippen LogP contribution in [0.4, 0.5) is 4.39 Å². The minimum Gasteiger partial charge on any atom is -0.465 e. The van der Waals surface area contributed by atoms with E-state index in [4.69, 9.17) is 9.26 Å². The number of nitrogens with zero attached hydrogens (tertiary/aromatic N) is 6. The molecule has 0 aliphatic heterocycles. The molecule has 0 aliphatic rings. The second kappa shape index (κ2) is 8.89. The van der Waals surface area contributed by atoms with Crippen LogP contribution in [0.25, 0.3) is 22.9 Å². The Balaban J connectivity index is 1.73. The van der Waals surface area contributed by atoms with Crippen molar-refractivity contribution in [3.05, 3.63) is 65.4 Å². The molecule has 0 atom stereocenters. The average molecular weight is 450 g/mol. The van der Waals surface area contributed by atoms with E-state index >= 15 is 0 Å². The molecule has 0 unspecified atom stereocenters. The van der Waals surface area contributed by atoms with Crippen molar-refractivity contribution in [1.82, 2.24) is 30.1 Å². The predicted octanol–water partition coefficient (Wildman–Crippen LogP) is 3.73. The Bertz CT molecular complexity index is 1280. The number of aryl methyl sites for hydroxylation is 1. The SMILES string of the molecule is CCOC(=O)C(C)(C)c1nnc(-c2cc(-c3ccon3)n(Cc3ccccc3F)n2)nc1C. The molecule has 4 rings (SSSR count). The van der Waals surface area contributed by atoms with Gasteiger partial charge in [0.05, 0.1) is 24.5 Å². The van der Waals surface area contributed by atoms with Gasteiger partial charge < -0.3 is 9.26 Å². The van der Waals surface area contributed by atoms with Crippen LogP contribution in [0.1, 0.15) is 37.7 Å². The lowest BCUT2D eigenvalue weighted by Crippen LogP contribution is -2.33. The van der Waals surface area contributed by atoms with E-state index in [1.165, 1.54) is 12.3 Å². The zero-order valence-electron chi connectivity index (χ0n) is 18.7. The normalized spacial score (nSPS) is 11.5. The highest BCUT2D eigenvalue weighted by atomic mass is 19.1. The molecule has 0 radical (unpaired) electrons. The van der Waals surface area contributed by atoms with Gasteiger partial charge in [0, 0.05) is 11.6 Å². The summed E-state index contributed by atoms with van der Waals surface area (Å²) in [6, 6.07) is 9.92. The first-order chi connectivity index (χ1) is 15.8. The topological polar surface area (TPSA) is 109 Å². The Morgan fingerprint density at radius 3 is 2.64 bits per heavy atom. The van der Waals surface area contributed by atoms with Crippen molar-refractivity contribution in [2.75, 3.05) is 6.61 Å². The summed E-state index contributed by atoms with van der Waals surface area (Å²) in [5, 5.41) is 17.1. The smallest absolute Gasteiger partial charge is 0.317 e. The number of esters is 1. The summed E-state index contributed by atoms with van der Waals surface area (Å²) in [5.74, 6) is -0.465. The monoisotopic (exact) mass is 450 g/mol. The van der Waals surface area contributed by atoms with Gasteiger partial charge in [-0.3, -0.25) is 9.48 Å². The van der Waals surface area contributed by atoms with Crippen LogP contribution in [0.2, 0.25) is 0 Å². The molecule has 0 saturated carbocycles. The summed E-state index contributed by atoms with van der Waals surface area (Å²) in [5.41, 5.74) is 2.00. The number of hydrogen-bond donors (Lipinski definition) is 0. The van der Waals surface area contributed by atoms with E-state index in [0.717, 1.165) is 0 Å². The van der Waals surface area contributed by atoms with E-state index in [1.54, 1.807) is 62.7 Å². The summed E-state index contributed by atoms with van der Waals surface area (Å²) in [6.07, 6.45) is 1.45. The molecule has 3 aromatic heterocycles. The first-order valence-corrected chi connectivity index (χ1v) is 10.4. The van der Waals surface area contributed by atoms with Crippen molar-refractivity contribution in [1.29, 1.82) is 0 Å². The highest BCUT2D eigenvalue weighted by molar-refractivity contribution is 5.81. The summed E-state index contributed by atoms with van der Waals surface area (Å²) in [6.45, 7) is 7.38. The van der Waals surface area contributed by atoms with Crippen molar-refractivity contribution in [2.24, 2.45) is 0 Å². The lowest BCUT2D eigenvalue weighted by atomic mass is 9.88. The van der Waals surface area contributed by atoms with Gasteiger partial charge in [0.25, 0.3) is 0 Å². The molecule has 0 N–H and O–H groups in total. The second-order valence-electron chi connectivity index (χ2n) is 7.96. The third-order valence-electron chi connectivity index (χ3n) is 5.23. The van der Waals surface area contributed by atoms with E-state index in [9.17, 15) is 9.18 Å². The number of ether oxygens (including phenoxy) is 1. The fraction of sp³-hybridized carbons (Fsp3) is 0.304. The van der Waals surface area contributed by atoms with Gasteiger partial charge in [-0.2, -0.15) is 10.2 Å². The van der Waals surface area contributed by atoms with Crippen molar-refractivity contribution >= 4 is 5.97 Å². The Kier molecular flexibility index (Phi) is 5.99. The second-order valence-corrected chi connectivity index (χ2v) is 7.96. The van der Waals surface area contributed by atoms with Gasteiger partial charge in [-0.25, -0.2) is 9.37 Å². The van der Waals surface area contributed by atoms with Gasteiger partial charge >= 0.3 is 5.97 Å². The lowest BCUT2D eigenvalue weighted by Gasteiger charge is -2.22. The molecule has 4 aromatic rings. The van der Waals surface area contributed by atoms with E-state index < -0.39 is 11.4 Å². The standard InChI is InChI=1S/C23H23FN6O3/c1-5-32-22(31)23(3,4)20-14(2)25-21(27-26-20)18-12-19(17-10-11-33-29-17)30(28-18)13-15-8-6-7-9-16(15)24/h6-12H,5,13H2,1-4H3. The largest absolute Gasteiger partial charge is 0.465 e. The summed E-state index contributed by atoms with van der Waals surface area (Å²) < 4.78 is 26.0. The van der Waals surface area contributed by atoms with Crippen LogP contribution < -0.4 is 0 Å². The Morgan fingerprint density at radius 2 is 1.97 bits per heavy atom. The van der Waals surface area contributed by atoms with Crippen molar-refractivity contribution in [3.8, 4) is 22.9 Å². The maximum absolute atomic E-state index is 14.3. The Hall–Kier alpha value is -3.95. The lowest BCUT2D eigenvalue weighted by molar-refractivity contribution is -0.149. The maximum Gasteiger partial charge on any atom is 0.317 e. The van der Waals surface area contributed by atoms with Gasteiger partial charge in [0.15, 0.2) is 0 Å². The first-order valence-electron chi connectivity index (χ1n) is 10.4. The Morgan fingerprint density at radius 1 is 1.18 bits per heavy atom. The van der Waals surface area contributed by atoms with E-state index in [0.29, 0.717) is 34.0 Å². The minimum atomic E-state index is -1.01. The molecular formula is C23H23FN6O3. The van der Waals surface area contributed by atoms with Crippen LogP contribution in [0, 0.1) is 12.7 Å². The summed E-state index contributed by atoms with van der Waals surface area (Å²) in [4.78, 5) is 16.9. The summed E-state index contributed by atoms with van der Waals surface area (Å²) in [7, 11) is 0. The van der Waals surface area contributed by atoms with Crippen LogP contribution in [0.5, 0.6) is 0 Å². The number of aromatic nitrogens is 6. The van der Waals surface area contributed by atoms with Crippen LogP contribution >= 0.6 is 0 Å². The fourth-order valence-corrected chi connectivity index (χ4v) is 3.48. The third-order valence-corrected chi connectivity index (χ3v) is 5.23. The molecular weight excluding hydrogens is 427 g/mol. The molecule has 0 saturated heterocycles.